The highest BCUT2D eigenvalue weighted by Crippen LogP contribution is 2.29. The molecule has 3 aromatic heterocycles. The lowest BCUT2D eigenvalue weighted by atomic mass is 10.2. The molecule has 0 saturated carbocycles. The Labute approximate surface area is 172 Å². The van der Waals surface area contributed by atoms with E-state index in [9.17, 15) is 0 Å². The summed E-state index contributed by atoms with van der Waals surface area (Å²) >= 11 is 3.29. The van der Waals surface area contributed by atoms with E-state index in [2.05, 4.69) is 58.3 Å². The molecule has 0 radical (unpaired) electrons. The molecule has 4 rings (SSSR count). The number of pyridine rings is 1. The minimum Gasteiger partial charge on any atom is -0.297 e. The number of thiazole rings is 1. The van der Waals surface area contributed by atoms with Crippen molar-refractivity contribution in [2.45, 2.75) is 24.4 Å². The topological polar surface area (TPSA) is 56.5 Å². The Morgan fingerprint density at radius 2 is 2.00 bits per heavy atom. The second-order valence-electron chi connectivity index (χ2n) is 6.22. The third-order valence-corrected chi connectivity index (χ3v) is 6.06. The first-order valence-corrected chi connectivity index (χ1v) is 10.7. The molecule has 0 N–H and O–H groups in total. The summed E-state index contributed by atoms with van der Waals surface area (Å²) in [6.45, 7) is 6.58. The Balaban J connectivity index is 1.52. The molecule has 0 aliphatic rings. The molecule has 28 heavy (non-hydrogen) atoms. The number of rotatable bonds is 7. The predicted octanol–water partition coefficient (Wildman–Crippen LogP) is 5.25. The second kappa shape index (κ2) is 8.50. The molecule has 3 heterocycles. The van der Waals surface area contributed by atoms with Crippen molar-refractivity contribution < 1.29 is 0 Å². The van der Waals surface area contributed by atoms with Crippen LogP contribution in [-0.2, 0) is 12.3 Å². The van der Waals surface area contributed by atoms with Gasteiger partial charge in [-0.15, -0.1) is 28.1 Å². The highest BCUT2D eigenvalue weighted by molar-refractivity contribution is 7.98. The van der Waals surface area contributed by atoms with Gasteiger partial charge in [0.05, 0.1) is 5.69 Å². The fourth-order valence-corrected chi connectivity index (χ4v) is 4.49. The fraction of sp³-hybridized carbons (Fsp3) is 0.143. The second-order valence-corrected chi connectivity index (χ2v) is 8.02. The van der Waals surface area contributed by atoms with Crippen LogP contribution in [0, 0.1) is 6.92 Å². The van der Waals surface area contributed by atoms with E-state index >= 15 is 0 Å². The quantitative estimate of drug-likeness (QED) is 0.310. The molecule has 0 spiro atoms. The van der Waals surface area contributed by atoms with Gasteiger partial charge in [0.15, 0.2) is 11.0 Å². The average molecular weight is 406 g/mol. The van der Waals surface area contributed by atoms with E-state index in [4.69, 9.17) is 4.98 Å². The number of hydrogen-bond acceptors (Lipinski definition) is 6. The first kappa shape index (κ1) is 18.6. The SMILES string of the molecule is C=CCn1c(SCc2csc(-c3ccc(C)cc3)n2)nnc1-c1ccccn1. The summed E-state index contributed by atoms with van der Waals surface area (Å²) in [6, 6.07) is 14.2. The first-order valence-electron chi connectivity index (χ1n) is 8.84. The van der Waals surface area contributed by atoms with E-state index in [-0.39, 0.29) is 0 Å². The van der Waals surface area contributed by atoms with Crippen LogP contribution in [0.4, 0.5) is 0 Å². The molecule has 0 aliphatic heterocycles. The van der Waals surface area contributed by atoms with Gasteiger partial charge >= 0.3 is 0 Å². The predicted molar refractivity (Wildman–Crippen MR) is 115 cm³/mol. The van der Waals surface area contributed by atoms with E-state index in [0.29, 0.717) is 6.54 Å². The minimum atomic E-state index is 0.632. The van der Waals surface area contributed by atoms with Crippen LogP contribution in [0.25, 0.3) is 22.1 Å². The lowest BCUT2D eigenvalue weighted by Gasteiger charge is -2.06. The van der Waals surface area contributed by atoms with Gasteiger partial charge in [-0.1, -0.05) is 53.7 Å². The van der Waals surface area contributed by atoms with Crippen molar-refractivity contribution in [3.8, 4) is 22.1 Å². The molecular formula is C21H19N5S2. The molecule has 7 heteroatoms. The van der Waals surface area contributed by atoms with E-state index in [1.807, 2.05) is 28.8 Å². The summed E-state index contributed by atoms with van der Waals surface area (Å²) in [5.74, 6) is 1.49. The maximum Gasteiger partial charge on any atom is 0.192 e. The largest absolute Gasteiger partial charge is 0.297 e. The maximum absolute atomic E-state index is 4.77. The van der Waals surface area contributed by atoms with E-state index < -0.39 is 0 Å². The van der Waals surface area contributed by atoms with Crippen LogP contribution in [-0.4, -0.2) is 24.7 Å². The average Bonchev–Trinajstić information content (AvgIpc) is 3.35. The van der Waals surface area contributed by atoms with Crippen LogP contribution in [0.1, 0.15) is 11.3 Å². The Morgan fingerprint density at radius 3 is 2.75 bits per heavy atom. The van der Waals surface area contributed by atoms with Crippen molar-refractivity contribution in [3.05, 3.63) is 78.0 Å². The highest BCUT2D eigenvalue weighted by Gasteiger charge is 2.15. The van der Waals surface area contributed by atoms with Crippen LogP contribution < -0.4 is 0 Å². The minimum absolute atomic E-state index is 0.632. The Morgan fingerprint density at radius 1 is 1.14 bits per heavy atom. The zero-order chi connectivity index (χ0) is 19.3. The molecule has 0 aliphatic carbocycles. The summed E-state index contributed by atoms with van der Waals surface area (Å²) in [7, 11) is 0. The number of aromatic nitrogens is 5. The molecule has 4 aromatic rings. The highest BCUT2D eigenvalue weighted by atomic mass is 32.2. The zero-order valence-electron chi connectivity index (χ0n) is 15.4. The lowest BCUT2D eigenvalue weighted by Crippen LogP contribution is -2.01. The summed E-state index contributed by atoms with van der Waals surface area (Å²) in [5.41, 5.74) is 4.25. The number of allylic oxidation sites excluding steroid dienone is 1. The molecule has 0 saturated heterocycles. The molecule has 1 aromatic carbocycles. The van der Waals surface area contributed by atoms with Gasteiger partial charge < -0.3 is 0 Å². The standard InChI is InChI=1S/C21H19N5S2/c1-3-12-26-19(18-6-4-5-11-22-18)24-25-21(26)28-14-17-13-27-20(23-17)16-9-7-15(2)8-10-16/h3-11,13H,1,12,14H2,2H3. The summed E-state index contributed by atoms with van der Waals surface area (Å²) < 4.78 is 2.03. The van der Waals surface area contributed by atoms with Crippen molar-refractivity contribution in [3.63, 3.8) is 0 Å². The van der Waals surface area contributed by atoms with Crippen molar-refractivity contribution >= 4 is 23.1 Å². The van der Waals surface area contributed by atoms with E-state index in [0.717, 1.165) is 38.7 Å². The summed E-state index contributed by atoms with van der Waals surface area (Å²) in [5, 5.41) is 12.7. The van der Waals surface area contributed by atoms with Gasteiger partial charge in [-0.3, -0.25) is 9.55 Å². The van der Waals surface area contributed by atoms with Crippen molar-refractivity contribution in [1.82, 2.24) is 24.7 Å². The van der Waals surface area contributed by atoms with Crippen molar-refractivity contribution in [1.29, 1.82) is 0 Å². The van der Waals surface area contributed by atoms with Gasteiger partial charge in [0.25, 0.3) is 0 Å². The van der Waals surface area contributed by atoms with E-state index in [1.54, 1.807) is 29.3 Å². The third kappa shape index (κ3) is 4.05. The molecule has 140 valence electrons. The van der Waals surface area contributed by atoms with Gasteiger partial charge in [-0.25, -0.2) is 4.98 Å². The normalized spacial score (nSPS) is 10.9. The van der Waals surface area contributed by atoms with Crippen molar-refractivity contribution in [2.75, 3.05) is 0 Å². The number of thioether (sulfide) groups is 1. The molecular weight excluding hydrogens is 386 g/mol. The van der Waals surface area contributed by atoms with Crippen molar-refractivity contribution in [2.24, 2.45) is 0 Å². The van der Waals surface area contributed by atoms with Crippen LogP contribution in [0.2, 0.25) is 0 Å². The molecule has 0 fully saturated rings. The first-order chi connectivity index (χ1) is 13.7. The Hall–Kier alpha value is -2.77. The molecule has 0 atom stereocenters. The van der Waals surface area contributed by atoms with Gasteiger partial charge in [0.2, 0.25) is 0 Å². The van der Waals surface area contributed by atoms with Crippen LogP contribution in [0.15, 0.2) is 71.9 Å². The zero-order valence-corrected chi connectivity index (χ0v) is 17.1. The smallest absolute Gasteiger partial charge is 0.192 e. The molecule has 5 nitrogen and oxygen atoms in total. The third-order valence-electron chi connectivity index (χ3n) is 4.12. The van der Waals surface area contributed by atoms with E-state index in [1.165, 1.54) is 5.56 Å². The molecule has 0 bridgehead atoms. The number of hydrogen-bond donors (Lipinski definition) is 0. The molecule has 0 amide bonds. The maximum atomic E-state index is 4.77. The van der Waals surface area contributed by atoms with Gasteiger partial charge in [-0.05, 0) is 19.1 Å². The van der Waals surface area contributed by atoms with Crippen LogP contribution in [0.3, 0.4) is 0 Å². The van der Waals surface area contributed by atoms with Gasteiger partial charge in [0, 0.05) is 29.4 Å². The van der Waals surface area contributed by atoms with Crippen LogP contribution in [0.5, 0.6) is 0 Å². The van der Waals surface area contributed by atoms with Gasteiger partial charge in [0.1, 0.15) is 10.7 Å². The lowest BCUT2D eigenvalue weighted by molar-refractivity contribution is 0.729. The Bertz CT molecular complexity index is 1070. The van der Waals surface area contributed by atoms with Crippen LogP contribution >= 0.6 is 23.1 Å². The number of benzene rings is 1. The fourth-order valence-electron chi connectivity index (χ4n) is 2.71. The summed E-state index contributed by atoms with van der Waals surface area (Å²) in [4.78, 5) is 9.16. The molecule has 0 unspecified atom stereocenters. The number of nitrogens with zero attached hydrogens (tertiary/aromatic N) is 5. The summed E-state index contributed by atoms with van der Waals surface area (Å²) in [6.07, 6.45) is 3.61. The Kier molecular flexibility index (Phi) is 5.64. The monoisotopic (exact) mass is 405 g/mol. The number of aryl methyl sites for hydroxylation is 1. The van der Waals surface area contributed by atoms with Gasteiger partial charge in [-0.2, -0.15) is 0 Å².